The number of rotatable bonds is 5. The molecule has 0 amide bonds. The molecule has 0 N–H and O–H groups in total. The van der Waals surface area contributed by atoms with Gasteiger partial charge in [-0.3, -0.25) is 9.58 Å². The van der Waals surface area contributed by atoms with Gasteiger partial charge in [0.05, 0.1) is 25.6 Å². The highest BCUT2D eigenvalue weighted by atomic mass is 16.5. The summed E-state index contributed by atoms with van der Waals surface area (Å²) in [7, 11) is 0. The number of hydrogen-bond acceptors (Lipinski definition) is 4. The smallest absolute Gasteiger partial charge is 0.0991 e. The van der Waals surface area contributed by atoms with E-state index in [2.05, 4.69) is 39.2 Å². The van der Waals surface area contributed by atoms with Crippen LogP contribution in [0.3, 0.4) is 0 Å². The highest BCUT2D eigenvalue weighted by molar-refractivity contribution is 5.34. The first-order valence-electron chi connectivity index (χ1n) is 8.25. The molecule has 6 nitrogen and oxygen atoms in total. The van der Waals surface area contributed by atoms with Gasteiger partial charge in [0, 0.05) is 50.1 Å². The molecule has 2 aromatic heterocycles. The molecule has 1 aliphatic rings. The number of imidazole rings is 1. The normalized spacial score (nSPS) is 18.8. The van der Waals surface area contributed by atoms with Gasteiger partial charge in [0.1, 0.15) is 0 Å². The fourth-order valence-corrected chi connectivity index (χ4v) is 3.10. The standard InChI is InChI=1S/C18H21N5O/c1-6-20-23(8-1)14-18-13-21(10-11-24-18)12-16-2-4-17(5-3-16)22-9-7-19-15-22/h1-9,15,18H,10-14H2/t18-/m1/s1. The number of hydrogen-bond donors (Lipinski definition) is 0. The second-order valence-corrected chi connectivity index (χ2v) is 6.09. The van der Waals surface area contributed by atoms with Crippen molar-refractivity contribution in [3.63, 3.8) is 0 Å². The molecule has 1 aromatic carbocycles. The third-order valence-corrected chi connectivity index (χ3v) is 4.32. The topological polar surface area (TPSA) is 48.1 Å². The van der Waals surface area contributed by atoms with E-state index >= 15 is 0 Å². The van der Waals surface area contributed by atoms with Crippen molar-refractivity contribution in [2.75, 3.05) is 19.7 Å². The van der Waals surface area contributed by atoms with Gasteiger partial charge in [0.15, 0.2) is 0 Å². The Kier molecular flexibility index (Phi) is 4.40. The van der Waals surface area contributed by atoms with E-state index in [0.717, 1.165) is 38.5 Å². The molecule has 6 heteroatoms. The Morgan fingerprint density at radius 1 is 1.12 bits per heavy atom. The monoisotopic (exact) mass is 323 g/mol. The van der Waals surface area contributed by atoms with Gasteiger partial charge in [0.25, 0.3) is 0 Å². The average Bonchev–Trinajstić information content (AvgIpc) is 3.29. The molecule has 1 saturated heterocycles. The molecule has 3 aromatic rings. The molecular formula is C18H21N5O. The van der Waals surface area contributed by atoms with E-state index in [0.29, 0.717) is 0 Å². The van der Waals surface area contributed by atoms with Gasteiger partial charge in [0.2, 0.25) is 0 Å². The highest BCUT2D eigenvalue weighted by Crippen LogP contribution is 2.14. The lowest BCUT2D eigenvalue weighted by Gasteiger charge is -2.33. The molecule has 1 atom stereocenters. The molecule has 0 radical (unpaired) electrons. The Balaban J connectivity index is 1.36. The minimum Gasteiger partial charge on any atom is -0.374 e. The number of morpholine rings is 1. The fourth-order valence-electron chi connectivity index (χ4n) is 3.10. The predicted octanol–water partition coefficient (Wildman–Crippen LogP) is 1.97. The summed E-state index contributed by atoms with van der Waals surface area (Å²) >= 11 is 0. The summed E-state index contributed by atoms with van der Waals surface area (Å²) in [5.74, 6) is 0. The molecule has 1 fully saturated rings. The van der Waals surface area contributed by atoms with Gasteiger partial charge in [-0.15, -0.1) is 0 Å². The lowest BCUT2D eigenvalue weighted by atomic mass is 10.1. The summed E-state index contributed by atoms with van der Waals surface area (Å²) < 4.78 is 9.83. The van der Waals surface area contributed by atoms with Crippen molar-refractivity contribution in [3.8, 4) is 5.69 Å². The second-order valence-electron chi connectivity index (χ2n) is 6.09. The molecule has 124 valence electrons. The van der Waals surface area contributed by atoms with Crippen LogP contribution >= 0.6 is 0 Å². The maximum atomic E-state index is 5.87. The first-order valence-corrected chi connectivity index (χ1v) is 8.25. The maximum absolute atomic E-state index is 5.87. The van der Waals surface area contributed by atoms with Gasteiger partial charge in [-0.05, 0) is 23.8 Å². The van der Waals surface area contributed by atoms with E-state index in [4.69, 9.17) is 4.74 Å². The largest absolute Gasteiger partial charge is 0.374 e. The number of ether oxygens (including phenoxy) is 1. The molecule has 3 heterocycles. The van der Waals surface area contributed by atoms with Crippen LogP contribution in [-0.4, -0.2) is 50.0 Å². The Morgan fingerprint density at radius 2 is 2.04 bits per heavy atom. The highest BCUT2D eigenvalue weighted by Gasteiger charge is 2.21. The molecule has 24 heavy (non-hydrogen) atoms. The van der Waals surface area contributed by atoms with E-state index < -0.39 is 0 Å². The third-order valence-electron chi connectivity index (χ3n) is 4.32. The van der Waals surface area contributed by atoms with Crippen molar-refractivity contribution in [2.45, 2.75) is 19.2 Å². The molecule has 1 aliphatic heterocycles. The van der Waals surface area contributed by atoms with E-state index in [9.17, 15) is 0 Å². The summed E-state index contributed by atoms with van der Waals surface area (Å²) in [5, 5.41) is 4.26. The van der Waals surface area contributed by atoms with Crippen LogP contribution in [0.25, 0.3) is 5.69 Å². The van der Waals surface area contributed by atoms with E-state index in [1.807, 2.05) is 40.2 Å². The Hall–Kier alpha value is -2.44. The van der Waals surface area contributed by atoms with E-state index in [1.54, 1.807) is 6.20 Å². The van der Waals surface area contributed by atoms with Crippen molar-refractivity contribution in [3.05, 3.63) is 67.0 Å². The van der Waals surface area contributed by atoms with Crippen molar-refractivity contribution in [1.29, 1.82) is 0 Å². The third kappa shape index (κ3) is 3.55. The zero-order valence-corrected chi connectivity index (χ0v) is 13.5. The Morgan fingerprint density at radius 3 is 2.79 bits per heavy atom. The van der Waals surface area contributed by atoms with Crippen LogP contribution < -0.4 is 0 Å². The fraction of sp³-hybridized carbons (Fsp3) is 0.333. The second kappa shape index (κ2) is 6.98. The quantitative estimate of drug-likeness (QED) is 0.720. The van der Waals surface area contributed by atoms with E-state index in [-0.39, 0.29) is 6.10 Å². The molecular weight excluding hydrogens is 302 g/mol. The minimum atomic E-state index is 0.198. The lowest BCUT2D eigenvalue weighted by molar-refractivity contribution is -0.0402. The number of benzene rings is 1. The van der Waals surface area contributed by atoms with Crippen molar-refractivity contribution < 1.29 is 4.74 Å². The van der Waals surface area contributed by atoms with Crippen LogP contribution in [0.2, 0.25) is 0 Å². The van der Waals surface area contributed by atoms with Gasteiger partial charge in [-0.2, -0.15) is 5.10 Å². The Bertz CT molecular complexity index is 736. The van der Waals surface area contributed by atoms with Crippen LogP contribution in [0.1, 0.15) is 5.56 Å². The summed E-state index contributed by atoms with van der Waals surface area (Å²) in [5.41, 5.74) is 2.45. The summed E-state index contributed by atoms with van der Waals surface area (Å²) in [4.78, 5) is 6.54. The van der Waals surface area contributed by atoms with Gasteiger partial charge >= 0.3 is 0 Å². The first kappa shape index (κ1) is 15.1. The summed E-state index contributed by atoms with van der Waals surface area (Å²) in [6.07, 6.45) is 9.55. The predicted molar refractivity (Wildman–Crippen MR) is 90.8 cm³/mol. The minimum absolute atomic E-state index is 0.198. The van der Waals surface area contributed by atoms with Crippen molar-refractivity contribution in [2.24, 2.45) is 0 Å². The first-order chi connectivity index (χ1) is 11.9. The van der Waals surface area contributed by atoms with Crippen LogP contribution in [0.4, 0.5) is 0 Å². The zero-order chi connectivity index (χ0) is 16.2. The molecule has 0 spiro atoms. The van der Waals surface area contributed by atoms with Crippen LogP contribution in [0, 0.1) is 0 Å². The SMILES string of the molecule is c1cnn(C[C@H]2CN(Cc3ccc(-n4ccnc4)cc3)CCO2)c1. The van der Waals surface area contributed by atoms with Crippen LogP contribution in [0.5, 0.6) is 0 Å². The van der Waals surface area contributed by atoms with Crippen LogP contribution in [0.15, 0.2) is 61.4 Å². The van der Waals surface area contributed by atoms with E-state index in [1.165, 1.54) is 5.56 Å². The summed E-state index contributed by atoms with van der Waals surface area (Å²) in [6.45, 7) is 4.44. The number of nitrogens with zero attached hydrogens (tertiary/aromatic N) is 5. The molecule has 0 aliphatic carbocycles. The summed E-state index contributed by atoms with van der Waals surface area (Å²) in [6, 6.07) is 10.6. The van der Waals surface area contributed by atoms with Crippen LogP contribution in [-0.2, 0) is 17.8 Å². The molecule has 0 bridgehead atoms. The zero-order valence-electron chi connectivity index (χ0n) is 13.5. The Labute approximate surface area is 141 Å². The molecule has 0 saturated carbocycles. The number of aromatic nitrogens is 4. The van der Waals surface area contributed by atoms with Gasteiger partial charge < -0.3 is 9.30 Å². The van der Waals surface area contributed by atoms with Crippen molar-refractivity contribution >= 4 is 0 Å². The lowest BCUT2D eigenvalue weighted by Crippen LogP contribution is -2.43. The maximum Gasteiger partial charge on any atom is 0.0991 e. The molecule has 0 unspecified atom stereocenters. The van der Waals surface area contributed by atoms with Gasteiger partial charge in [-0.25, -0.2) is 4.98 Å². The average molecular weight is 323 g/mol. The van der Waals surface area contributed by atoms with Crippen molar-refractivity contribution in [1.82, 2.24) is 24.2 Å². The van der Waals surface area contributed by atoms with Gasteiger partial charge in [-0.1, -0.05) is 12.1 Å². The molecule has 4 rings (SSSR count).